The first kappa shape index (κ1) is 23.6. The molecule has 12 heteroatoms. The van der Waals surface area contributed by atoms with Crippen molar-refractivity contribution in [3.05, 3.63) is 70.8 Å². The van der Waals surface area contributed by atoms with E-state index in [0.29, 0.717) is 11.1 Å². The third-order valence-corrected chi connectivity index (χ3v) is 7.25. The molecule has 178 valence electrons. The second-order valence-electron chi connectivity index (χ2n) is 8.01. The molecule has 1 N–H and O–H groups in total. The van der Waals surface area contributed by atoms with Crippen molar-refractivity contribution in [2.45, 2.75) is 42.0 Å². The highest BCUT2D eigenvalue weighted by Gasteiger charge is 2.64. The van der Waals surface area contributed by atoms with Crippen LogP contribution in [-0.4, -0.2) is 42.6 Å². The standard InChI is InChI=1S/C21H16F6O5S/c22-20(23,24)17(18(21(25,26)27)33(29,30)31)32-19(28)15-9-14-10-5-1-3-7-12(10)16(15)13-8-4-2-6-11(13)14/h1-8,14-18H,9H2,(H,29,30,31). The zero-order chi connectivity index (χ0) is 24.3. The van der Waals surface area contributed by atoms with Crippen molar-refractivity contribution in [2.24, 2.45) is 5.92 Å². The van der Waals surface area contributed by atoms with E-state index in [1.54, 1.807) is 48.5 Å². The van der Waals surface area contributed by atoms with Gasteiger partial charge in [-0.05, 0) is 28.7 Å². The zero-order valence-corrected chi connectivity index (χ0v) is 17.3. The number of alkyl halides is 6. The van der Waals surface area contributed by atoms with E-state index in [9.17, 15) is 39.6 Å². The molecule has 3 unspecified atom stereocenters. The predicted octanol–water partition coefficient (Wildman–Crippen LogP) is 4.58. The van der Waals surface area contributed by atoms with Gasteiger partial charge in [0, 0.05) is 11.8 Å². The first-order chi connectivity index (χ1) is 15.2. The van der Waals surface area contributed by atoms with Crippen molar-refractivity contribution in [3.63, 3.8) is 0 Å². The summed E-state index contributed by atoms with van der Waals surface area (Å²) in [5.41, 5.74) is 2.98. The SMILES string of the molecule is O=C(OC(C(C(F)(F)F)S(=O)(=O)O)C(F)(F)F)C1CC2c3ccccc3C1c1ccccc12. The van der Waals surface area contributed by atoms with Crippen LogP contribution >= 0.6 is 0 Å². The van der Waals surface area contributed by atoms with Crippen LogP contribution < -0.4 is 0 Å². The highest BCUT2D eigenvalue weighted by atomic mass is 32.2. The second-order valence-corrected chi connectivity index (χ2v) is 9.54. The van der Waals surface area contributed by atoms with E-state index in [1.165, 1.54) is 0 Å². The van der Waals surface area contributed by atoms with Crippen LogP contribution in [0.5, 0.6) is 0 Å². The van der Waals surface area contributed by atoms with Crippen LogP contribution in [0.15, 0.2) is 48.5 Å². The molecule has 0 spiro atoms. The first-order valence-corrected chi connectivity index (χ1v) is 11.2. The molecule has 3 atom stereocenters. The largest absolute Gasteiger partial charge is 0.451 e. The van der Waals surface area contributed by atoms with Gasteiger partial charge in [-0.1, -0.05) is 48.5 Å². The summed E-state index contributed by atoms with van der Waals surface area (Å²) in [6, 6.07) is 13.8. The molecule has 33 heavy (non-hydrogen) atoms. The van der Waals surface area contributed by atoms with Gasteiger partial charge in [-0.15, -0.1) is 0 Å². The quantitative estimate of drug-likeness (QED) is 0.383. The summed E-state index contributed by atoms with van der Waals surface area (Å²) in [6.45, 7) is 0. The van der Waals surface area contributed by atoms with E-state index in [-0.39, 0.29) is 6.42 Å². The molecule has 2 bridgehead atoms. The minimum absolute atomic E-state index is 0.0232. The fraction of sp³-hybridized carbons (Fsp3) is 0.381. The third kappa shape index (κ3) is 4.10. The Balaban J connectivity index is 1.74. The Hall–Kier alpha value is -2.60. The van der Waals surface area contributed by atoms with Gasteiger partial charge in [0.25, 0.3) is 10.1 Å². The van der Waals surface area contributed by atoms with Crippen LogP contribution in [0, 0.1) is 5.92 Å². The number of carbonyl (C=O) groups excluding carboxylic acids is 1. The van der Waals surface area contributed by atoms with E-state index in [0.717, 1.165) is 11.1 Å². The molecule has 0 amide bonds. The Morgan fingerprint density at radius 3 is 1.73 bits per heavy atom. The number of esters is 1. The summed E-state index contributed by atoms with van der Waals surface area (Å²) in [6.07, 6.45) is -16.1. The predicted molar refractivity (Wildman–Crippen MR) is 102 cm³/mol. The summed E-state index contributed by atoms with van der Waals surface area (Å²) in [7, 11) is -6.31. The summed E-state index contributed by atoms with van der Waals surface area (Å²) < 4.78 is 116. The normalized spacial score (nSPS) is 23.9. The van der Waals surface area contributed by atoms with E-state index >= 15 is 0 Å². The fourth-order valence-corrected chi connectivity index (χ4v) is 5.74. The molecule has 3 aliphatic carbocycles. The van der Waals surface area contributed by atoms with Gasteiger partial charge in [0.1, 0.15) is 0 Å². The van der Waals surface area contributed by atoms with Crippen molar-refractivity contribution in [2.75, 3.05) is 0 Å². The van der Waals surface area contributed by atoms with Crippen LogP contribution in [0.4, 0.5) is 26.3 Å². The monoisotopic (exact) mass is 494 g/mol. The molecule has 0 saturated heterocycles. The molecule has 0 radical (unpaired) electrons. The van der Waals surface area contributed by atoms with Gasteiger partial charge in [-0.2, -0.15) is 34.8 Å². The number of hydrogen-bond acceptors (Lipinski definition) is 4. The number of rotatable bonds is 4. The minimum Gasteiger partial charge on any atom is -0.451 e. The maximum atomic E-state index is 13.5. The average molecular weight is 494 g/mol. The molecule has 0 aromatic heterocycles. The van der Waals surface area contributed by atoms with E-state index in [2.05, 4.69) is 4.74 Å². The second kappa shape index (κ2) is 7.73. The van der Waals surface area contributed by atoms with Gasteiger partial charge >= 0.3 is 18.3 Å². The van der Waals surface area contributed by atoms with Gasteiger partial charge in [0.15, 0.2) is 0 Å². The lowest BCUT2D eigenvalue weighted by Crippen LogP contribution is -2.55. The fourth-order valence-electron chi connectivity index (χ4n) is 4.88. The Kier molecular flexibility index (Phi) is 5.51. The minimum atomic E-state index is -6.31. The van der Waals surface area contributed by atoms with Gasteiger partial charge < -0.3 is 4.74 Å². The Bertz CT molecular complexity index is 1140. The third-order valence-electron chi connectivity index (χ3n) is 6.09. The maximum absolute atomic E-state index is 13.5. The van der Waals surface area contributed by atoms with Gasteiger partial charge in [0.05, 0.1) is 5.92 Å². The molecule has 2 aromatic carbocycles. The van der Waals surface area contributed by atoms with E-state index in [1.807, 2.05) is 0 Å². The van der Waals surface area contributed by atoms with Crippen LogP contribution in [-0.2, 0) is 19.6 Å². The van der Waals surface area contributed by atoms with Gasteiger partial charge in [0.2, 0.25) is 11.4 Å². The highest BCUT2D eigenvalue weighted by Crippen LogP contribution is 2.55. The van der Waals surface area contributed by atoms with Crippen molar-refractivity contribution >= 4 is 16.1 Å². The molecule has 5 nitrogen and oxygen atoms in total. The lowest BCUT2D eigenvalue weighted by molar-refractivity contribution is -0.250. The molecule has 0 heterocycles. The first-order valence-electron chi connectivity index (χ1n) is 9.69. The molecule has 2 aromatic rings. The smallest absolute Gasteiger partial charge is 0.427 e. The topological polar surface area (TPSA) is 80.7 Å². The van der Waals surface area contributed by atoms with Crippen LogP contribution in [0.1, 0.15) is 40.5 Å². The molecule has 0 fully saturated rings. The van der Waals surface area contributed by atoms with Crippen LogP contribution in [0.3, 0.4) is 0 Å². The summed E-state index contributed by atoms with van der Waals surface area (Å²) >= 11 is 0. The number of halogens is 6. The van der Waals surface area contributed by atoms with E-state index in [4.69, 9.17) is 4.55 Å². The Labute approximate surface area is 184 Å². The maximum Gasteiger partial charge on any atom is 0.427 e. The summed E-state index contributed by atoms with van der Waals surface area (Å²) in [5.74, 6) is -4.07. The molecular weight excluding hydrogens is 478 g/mol. The number of ether oxygens (including phenoxy) is 1. The summed E-state index contributed by atoms with van der Waals surface area (Å²) in [5, 5.41) is -4.37. The average Bonchev–Trinajstić information content (AvgIpc) is 2.70. The molecule has 0 aliphatic heterocycles. The molecular formula is C21H16F6O5S. The lowest BCUT2D eigenvalue weighted by Gasteiger charge is -2.44. The number of benzene rings is 2. The van der Waals surface area contributed by atoms with Gasteiger partial charge in [-0.3, -0.25) is 9.35 Å². The number of hydrogen-bond donors (Lipinski definition) is 1. The highest BCUT2D eigenvalue weighted by molar-refractivity contribution is 7.86. The van der Waals surface area contributed by atoms with Crippen LogP contribution in [0.2, 0.25) is 0 Å². The van der Waals surface area contributed by atoms with Crippen molar-refractivity contribution < 1.29 is 48.8 Å². The zero-order valence-electron chi connectivity index (χ0n) is 16.5. The van der Waals surface area contributed by atoms with Crippen molar-refractivity contribution in [1.29, 1.82) is 0 Å². The number of carbonyl (C=O) groups is 1. The molecule has 5 rings (SSSR count). The van der Waals surface area contributed by atoms with Crippen LogP contribution in [0.25, 0.3) is 0 Å². The Morgan fingerprint density at radius 1 is 0.879 bits per heavy atom. The summed E-state index contributed by atoms with van der Waals surface area (Å²) in [4.78, 5) is 12.9. The van der Waals surface area contributed by atoms with Gasteiger partial charge in [-0.25, -0.2) is 0 Å². The molecule has 0 saturated carbocycles. The van der Waals surface area contributed by atoms with Crippen molar-refractivity contribution in [1.82, 2.24) is 0 Å². The van der Waals surface area contributed by atoms with Crippen molar-refractivity contribution in [3.8, 4) is 0 Å². The lowest BCUT2D eigenvalue weighted by atomic mass is 9.59. The molecule has 3 aliphatic rings. The Morgan fingerprint density at radius 2 is 1.33 bits per heavy atom. The number of fused-ring (bicyclic) bond motifs is 1. The van der Waals surface area contributed by atoms with E-state index < -0.39 is 57.5 Å².